The largest absolute Gasteiger partial charge is 0.374 e. The van der Waals surface area contributed by atoms with Crippen molar-refractivity contribution in [2.75, 3.05) is 18.1 Å². The van der Waals surface area contributed by atoms with E-state index in [9.17, 15) is 10.1 Å². The lowest BCUT2D eigenvalue weighted by atomic mass is 10.0. The molecular weight excluding hydrogens is 240 g/mol. The van der Waals surface area contributed by atoms with Crippen molar-refractivity contribution in [3.05, 3.63) is 29.3 Å². The second-order valence-corrected chi connectivity index (χ2v) is 5.11. The van der Waals surface area contributed by atoms with Gasteiger partial charge in [0, 0.05) is 12.1 Å². The van der Waals surface area contributed by atoms with Crippen LogP contribution in [0, 0.1) is 11.3 Å². The number of carbonyl (C=O) groups is 1. The second kappa shape index (κ2) is 5.02. The van der Waals surface area contributed by atoms with Gasteiger partial charge in [-0.2, -0.15) is 5.26 Å². The van der Waals surface area contributed by atoms with E-state index in [1.54, 1.807) is 12.1 Å². The normalized spacial score (nSPS) is 25.7. The summed E-state index contributed by atoms with van der Waals surface area (Å²) in [4.78, 5) is 13.1. The van der Waals surface area contributed by atoms with Crippen molar-refractivity contribution >= 4 is 12.0 Å². The molecule has 0 radical (unpaired) electrons. The zero-order chi connectivity index (χ0) is 13.2. The van der Waals surface area contributed by atoms with Crippen LogP contribution in [0.2, 0.25) is 0 Å². The molecule has 4 nitrogen and oxygen atoms in total. The first-order chi connectivity index (χ1) is 9.33. The van der Waals surface area contributed by atoms with Gasteiger partial charge in [-0.05, 0) is 37.5 Å². The maximum atomic E-state index is 10.8. The summed E-state index contributed by atoms with van der Waals surface area (Å²) in [7, 11) is 0. The van der Waals surface area contributed by atoms with Crippen molar-refractivity contribution in [1.82, 2.24) is 0 Å². The molecule has 0 N–H and O–H groups in total. The van der Waals surface area contributed by atoms with Gasteiger partial charge in [0.05, 0.1) is 30.0 Å². The molecule has 1 saturated heterocycles. The number of rotatable bonds is 2. The Morgan fingerprint density at radius 2 is 2.32 bits per heavy atom. The van der Waals surface area contributed by atoms with Gasteiger partial charge in [-0.25, -0.2) is 0 Å². The first kappa shape index (κ1) is 12.2. The van der Waals surface area contributed by atoms with Crippen molar-refractivity contribution in [3.8, 4) is 6.07 Å². The lowest BCUT2D eigenvalue weighted by molar-refractivity contribution is 0.0256. The monoisotopic (exact) mass is 256 g/mol. The highest BCUT2D eigenvalue weighted by atomic mass is 16.5. The number of hydrogen-bond donors (Lipinski definition) is 0. The number of morpholine rings is 1. The highest BCUT2D eigenvalue weighted by Gasteiger charge is 2.36. The molecule has 1 aliphatic carbocycles. The minimum atomic E-state index is 0.297. The van der Waals surface area contributed by atoms with Gasteiger partial charge in [-0.15, -0.1) is 0 Å². The Kier molecular flexibility index (Phi) is 3.22. The van der Waals surface area contributed by atoms with E-state index in [1.807, 2.05) is 6.07 Å². The lowest BCUT2D eigenvalue weighted by Gasteiger charge is -2.39. The summed E-state index contributed by atoms with van der Waals surface area (Å²) in [5.74, 6) is 0. The summed E-state index contributed by atoms with van der Waals surface area (Å²) >= 11 is 0. The molecule has 1 aliphatic heterocycles. The third-order valence-corrected chi connectivity index (χ3v) is 4.07. The van der Waals surface area contributed by atoms with Gasteiger partial charge in [0.25, 0.3) is 0 Å². The van der Waals surface area contributed by atoms with E-state index in [2.05, 4.69) is 11.0 Å². The van der Waals surface area contributed by atoms with Crippen LogP contribution in [-0.4, -0.2) is 31.6 Å². The van der Waals surface area contributed by atoms with Gasteiger partial charge in [0.15, 0.2) is 0 Å². The molecule has 2 atom stereocenters. The Labute approximate surface area is 112 Å². The van der Waals surface area contributed by atoms with Crippen LogP contribution in [0.1, 0.15) is 35.2 Å². The fraction of sp³-hybridized carbons (Fsp3) is 0.467. The summed E-state index contributed by atoms with van der Waals surface area (Å²) in [5.41, 5.74) is 2.07. The fourth-order valence-electron chi connectivity index (χ4n) is 3.19. The molecule has 1 aromatic carbocycles. The number of nitrogens with zero attached hydrogens (tertiary/aromatic N) is 2. The Hall–Kier alpha value is -1.86. The number of anilines is 1. The van der Waals surface area contributed by atoms with Crippen LogP contribution in [0.3, 0.4) is 0 Å². The number of fused-ring (bicyclic) bond motifs is 1. The minimum Gasteiger partial charge on any atom is -0.374 e. The van der Waals surface area contributed by atoms with Gasteiger partial charge < -0.3 is 9.64 Å². The first-order valence-corrected chi connectivity index (χ1v) is 6.71. The van der Waals surface area contributed by atoms with Crippen LogP contribution in [0.25, 0.3) is 0 Å². The van der Waals surface area contributed by atoms with E-state index < -0.39 is 0 Å². The van der Waals surface area contributed by atoms with E-state index >= 15 is 0 Å². The first-order valence-electron chi connectivity index (χ1n) is 6.71. The number of ether oxygens (including phenoxy) is 1. The Bertz CT molecular complexity index is 535. The Morgan fingerprint density at radius 1 is 1.42 bits per heavy atom. The molecule has 1 heterocycles. The minimum absolute atomic E-state index is 0.297. The molecule has 0 spiro atoms. The number of hydrogen-bond acceptors (Lipinski definition) is 4. The predicted molar refractivity (Wildman–Crippen MR) is 71.3 cm³/mol. The van der Waals surface area contributed by atoms with Crippen LogP contribution in [0.4, 0.5) is 5.69 Å². The second-order valence-electron chi connectivity index (χ2n) is 5.11. The highest BCUT2D eigenvalue weighted by Crippen LogP contribution is 2.34. The van der Waals surface area contributed by atoms with E-state index in [0.717, 1.165) is 31.4 Å². The van der Waals surface area contributed by atoms with Gasteiger partial charge in [-0.1, -0.05) is 0 Å². The predicted octanol–water partition coefficient (Wildman–Crippen LogP) is 2.13. The highest BCUT2D eigenvalue weighted by molar-refractivity contribution is 5.78. The maximum Gasteiger partial charge on any atom is 0.150 e. The zero-order valence-corrected chi connectivity index (χ0v) is 10.7. The average Bonchev–Trinajstić information content (AvgIpc) is 2.95. The Morgan fingerprint density at radius 3 is 3.11 bits per heavy atom. The number of nitriles is 1. The van der Waals surface area contributed by atoms with Crippen molar-refractivity contribution in [1.29, 1.82) is 5.26 Å². The van der Waals surface area contributed by atoms with Crippen LogP contribution in [-0.2, 0) is 4.74 Å². The number of benzene rings is 1. The van der Waals surface area contributed by atoms with Crippen LogP contribution < -0.4 is 4.90 Å². The summed E-state index contributed by atoms with van der Waals surface area (Å²) in [6, 6.07) is 7.92. The van der Waals surface area contributed by atoms with E-state index in [4.69, 9.17) is 4.74 Å². The molecule has 19 heavy (non-hydrogen) atoms. The van der Waals surface area contributed by atoms with E-state index in [1.165, 1.54) is 6.42 Å². The van der Waals surface area contributed by atoms with Crippen LogP contribution in [0.15, 0.2) is 18.2 Å². The molecule has 0 bridgehead atoms. The zero-order valence-electron chi connectivity index (χ0n) is 10.7. The molecular formula is C15H16N2O2. The average molecular weight is 256 g/mol. The van der Waals surface area contributed by atoms with Gasteiger partial charge in [0.2, 0.25) is 0 Å². The SMILES string of the molecule is N#Cc1cc(C=O)ccc1N1CCOC2CCCC21. The molecule has 98 valence electrons. The smallest absolute Gasteiger partial charge is 0.150 e. The number of carbonyl (C=O) groups excluding carboxylic acids is 1. The van der Waals surface area contributed by atoms with Gasteiger partial charge in [0.1, 0.15) is 12.4 Å². The standard InChI is InChI=1S/C15H16N2O2/c16-9-12-8-11(10-18)4-5-13(12)17-6-7-19-15-3-1-2-14(15)17/h4-5,8,10,14-15H,1-3,6-7H2. The van der Waals surface area contributed by atoms with Gasteiger partial charge >= 0.3 is 0 Å². The quantitative estimate of drug-likeness (QED) is 0.761. The molecule has 0 amide bonds. The van der Waals surface area contributed by atoms with Crippen molar-refractivity contribution in [2.24, 2.45) is 0 Å². The molecule has 0 aromatic heterocycles. The van der Waals surface area contributed by atoms with E-state index in [0.29, 0.717) is 29.9 Å². The van der Waals surface area contributed by atoms with Crippen LogP contribution in [0.5, 0.6) is 0 Å². The lowest BCUT2D eigenvalue weighted by Crippen LogP contribution is -2.48. The molecule has 2 unspecified atom stereocenters. The van der Waals surface area contributed by atoms with Gasteiger partial charge in [-0.3, -0.25) is 4.79 Å². The molecule has 1 saturated carbocycles. The third kappa shape index (κ3) is 2.11. The fourth-order valence-corrected chi connectivity index (χ4v) is 3.19. The van der Waals surface area contributed by atoms with Crippen LogP contribution >= 0.6 is 0 Å². The van der Waals surface area contributed by atoms with Crippen molar-refractivity contribution < 1.29 is 9.53 Å². The number of aldehydes is 1. The third-order valence-electron chi connectivity index (χ3n) is 4.07. The molecule has 2 fully saturated rings. The summed E-state index contributed by atoms with van der Waals surface area (Å²) < 4.78 is 5.79. The molecule has 4 heteroatoms. The van der Waals surface area contributed by atoms with Crippen molar-refractivity contribution in [3.63, 3.8) is 0 Å². The van der Waals surface area contributed by atoms with Crippen molar-refractivity contribution in [2.45, 2.75) is 31.4 Å². The summed E-state index contributed by atoms with van der Waals surface area (Å²) in [5, 5.41) is 9.29. The molecule has 1 aromatic rings. The topological polar surface area (TPSA) is 53.3 Å². The molecule has 2 aliphatic rings. The van der Waals surface area contributed by atoms with E-state index in [-0.39, 0.29) is 0 Å². The maximum absolute atomic E-state index is 10.8. The summed E-state index contributed by atoms with van der Waals surface area (Å²) in [6.07, 6.45) is 4.48. The molecule has 3 rings (SSSR count). The summed E-state index contributed by atoms with van der Waals surface area (Å²) in [6.45, 7) is 1.53. The Balaban J connectivity index is 1.97.